The highest BCUT2D eigenvalue weighted by Crippen LogP contribution is 2.37. The molecule has 0 aliphatic heterocycles. The fourth-order valence-electron chi connectivity index (χ4n) is 3.96. The third-order valence-corrected chi connectivity index (χ3v) is 5.53. The fourth-order valence-corrected chi connectivity index (χ4v) is 3.96. The molecule has 0 atom stereocenters. The smallest absolute Gasteiger partial charge is 0.439 e. The molecule has 9 nitrogen and oxygen atoms in total. The van der Waals surface area contributed by atoms with E-state index < -0.39 is 11.7 Å². The minimum atomic E-state index is -1.09. The number of methoxy groups -OCH3 is 1. The zero-order valence-corrected chi connectivity index (χ0v) is 17.7. The second-order valence-corrected chi connectivity index (χ2v) is 7.44. The van der Waals surface area contributed by atoms with Crippen LogP contribution in [0.4, 0.5) is 0 Å². The van der Waals surface area contributed by atoms with Gasteiger partial charge in [0.1, 0.15) is 0 Å². The Balaban J connectivity index is 1.77. The summed E-state index contributed by atoms with van der Waals surface area (Å²) in [5, 5.41) is 13.7. The van der Waals surface area contributed by atoms with Crippen LogP contribution in [0.15, 0.2) is 63.9 Å². The van der Waals surface area contributed by atoms with Crippen molar-refractivity contribution in [2.45, 2.75) is 6.92 Å². The first-order valence-corrected chi connectivity index (χ1v) is 10.0. The van der Waals surface area contributed by atoms with Gasteiger partial charge >= 0.3 is 11.7 Å². The van der Waals surface area contributed by atoms with Crippen molar-refractivity contribution in [3.05, 3.63) is 76.3 Å². The average molecular weight is 442 g/mol. The Hall–Kier alpha value is -4.66. The van der Waals surface area contributed by atoms with Gasteiger partial charge in [-0.15, -0.1) is 0 Å². The van der Waals surface area contributed by atoms with Crippen LogP contribution in [-0.2, 0) is 0 Å². The molecule has 0 saturated heterocycles. The van der Waals surface area contributed by atoms with Crippen molar-refractivity contribution in [1.82, 2.24) is 20.1 Å². The number of carboxylic acid groups (broad SMARTS) is 1. The second kappa shape index (κ2) is 7.79. The summed E-state index contributed by atoms with van der Waals surface area (Å²) in [6, 6.07) is 17.1. The molecule has 3 aromatic carbocycles. The summed E-state index contributed by atoms with van der Waals surface area (Å²) < 4.78 is 9.90. The Morgan fingerprint density at radius 2 is 1.79 bits per heavy atom. The maximum atomic E-state index is 12.0. The van der Waals surface area contributed by atoms with E-state index in [4.69, 9.17) is 9.26 Å². The Kier molecular flexibility index (Phi) is 4.78. The number of benzene rings is 3. The fraction of sp³-hybridized carbons (Fsp3) is 0.0833. The zero-order chi connectivity index (χ0) is 23.1. The average Bonchev–Trinajstić information content (AvgIpc) is 3.46. The lowest BCUT2D eigenvalue weighted by Gasteiger charge is -2.13. The molecule has 2 aromatic heterocycles. The summed E-state index contributed by atoms with van der Waals surface area (Å²) in [6.07, 6.45) is 0. The van der Waals surface area contributed by atoms with E-state index in [0.717, 1.165) is 22.3 Å². The SMILES string of the molecule is COc1nc2c(C)c(-c3ccc(-c4ccccc4)c(-c4noc(=O)[nH]4)c3)cc(C(=O)O)c2[nH]1. The van der Waals surface area contributed by atoms with Gasteiger partial charge in [-0.05, 0) is 46.9 Å². The minimum Gasteiger partial charge on any atom is -0.478 e. The largest absolute Gasteiger partial charge is 0.478 e. The van der Waals surface area contributed by atoms with Crippen LogP contribution in [0.1, 0.15) is 15.9 Å². The molecule has 33 heavy (non-hydrogen) atoms. The topological polar surface area (TPSA) is 134 Å². The maximum absolute atomic E-state index is 12.0. The molecule has 0 aliphatic rings. The number of nitrogens with one attached hydrogen (secondary N) is 2. The van der Waals surface area contributed by atoms with Gasteiger partial charge in [-0.2, -0.15) is 4.98 Å². The highest BCUT2D eigenvalue weighted by atomic mass is 16.5. The number of fused-ring (bicyclic) bond motifs is 1. The Morgan fingerprint density at radius 1 is 1.00 bits per heavy atom. The molecule has 5 aromatic rings. The van der Waals surface area contributed by atoms with Gasteiger partial charge in [0, 0.05) is 5.56 Å². The van der Waals surface area contributed by atoms with Crippen molar-refractivity contribution >= 4 is 17.0 Å². The predicted octanol–water partition coefficient (Wildman–Crippen LogP) is 4.26. The normalized spacial score (nSPS) is 11.1. The van der Waals surface area contributed by atoms with Gasteiger partial charge in [0.25, 0.3) is 6.01 Å². The Labute approximate surface area is 186 Å². The molecule has 164 valence electrons. The maximum Gasteiger partial charge on any atom is 0.439 e. The molecule has 0 radical (unpaired) electrons. The monoisotopic (exact) mass is 442 g/mol. The molecule has 0 spiro atoms. The number of aromatic nitrogens is 4. The first-order chi connectivity index (χ1) is 16.0. The number of carboxylic acids is 1. The summed E-state index contributed by atoms with van der Waals surface area (Å²) in [5.41, 5.74) is 5.57. The number of nitrogens with zero attached hydrogens (tertiary/aromatic N) is 2. The lowest BCUT2D eigenvalue weighted by atomic mass is 9.91. The number of aromatic amines is 2. The van der Waals surface area contributed by atoms with E-state index in [9.17, 15) is 14.7 Å². The van der Waals surface area contributed by atoms with Crippen LogP contribution in [-0.4, -0.2) is 38.3 Å². The number of aromatic carboxylic acids is 1. The van der Waals surface area contributed by atoms with Crippen LogP contribution < -0.4 is 10.5 Å². The van der Waals surface area contributed by atoms with Gasteiger partial charge in [0.15, 0.2) is 5.82 Å². The molecule has 0 unspecified atom stereocenters. The number of imidazole rings is 1. The molecule has 0 aliphatic carbocycles. The number of carbonyl (C=O) groups is 1. The summed E-state index contributed by atoms with van der Waals surface area (Å²) in [4.78, 5) is 33.5. The molecular formula is C24H18N4O5. The molecule has 0 fully saturated rings. The lowest BCUT2D eigenvalue weighted by molar-refractivity contribution is 0.0699. The molecular weight excluding hydrogens is 424 g/mol. The minimum absolute atomic E-state index is 0.0740. The third kappa shape index (κ3) is 3.45. The molecule has 5 rings (SSSR count). The first-order valence-electron chi connectivity index (χ1n) is 10.0. The molecule has 2 heterocycles. The summed E-state index contributed by atoms with van der Waals surface area (Å²) in [6.45, 7) is 1.87. The predicted molar refractivity (Wildman–Crippen MR) is 121 cm³/mol. The van der Waals surface area contributed by atoms with Crippen molar-refractivity contribution < 1.29 is 19.2 Å². The van der Waals surface area contributed by atoms with Crippen LogP contribution in [0, 0.1) is 6.92 Å². The van der Waals surface area contributed by atoms with Gasteiger partial charge in [0.05, 0.1) is 23.7 Å². The number of H-pyrrole nitrogens is 2. The van der Waals surface area contributed by atoms with Crippen molar-refractivity contribution in [3.63, 3.8) is 0 Å². The number of aryl methyl sites for hydroxylation is 1. The Morgan fingerprint density at radius 3 is 2.45 bits per heavy atom. The molecule has 0 saturated carbocycles. The van der Waals surface area contributed by atoms with Crippen molar-refractivity contribution in [2.75, 3.05) is 7.11 Å². The highest BCUT2D eigenvalue weighted by Gasteiger charge is 2.21. The van der Waals surface area contributed by atoms with E-state index >= 15 is 0 Å². The summed E-state index contributed by atoms with van der Waals surface area (Å²) in [5.74, 6) is -1.47. The van der Waals surface area contributed by atoms with Crippen molar-refractivity contribution in [1.29, 1.82) is 0 Å². The Bertz CT molecular complexity index is 1560. The highest BCUT2D eigenvalue weighted by molar-refractivity contribution is 6.05. The quantitative estimate of drug-likeness (QED) is 0.370. The van der Waals surface area contributed by atoms with Crippen LogP contribution >= 0.6 is 0 Å². The van der Waals surface area contributed by atoms with Gasteiger partial charge in [0.2, 0.25) is 0 Å². The van der Waals surface area contributed by atoms with E-state index in [-0.39, 0.29) is 17.4 Å². The number of hydrogen-bond donors (Lipinski definition) is 3. The van der Waals surface area contributed by atoms with Gasteiger partial charge in [-0.3, -0.25) is 9.51 Å². The summed E-state index contributed by atoms with van der Waals surface area (Å²) >= 11 is 0. The van der Waals surface area contributed by atoms with E-state index in [1.54, 1.807) is 6.07 Å². The summed E-state index contributed by atoms with van der Waals surface area (Å²) in [7, 11) is 1.46. The molecule has 0 bridgehead atoms. The standard InChI is InChI=1S/C24H18N4O5/c1-12-16(11-18(22(29)30)20-19(12)25-23(26-20)32-2)14-8-9-15(13-6-4-3-5-7-13)17(10-14)21-27-24(31)33-28-21/h3-11H,1-2H3,(H,25,26)(H,29,30)(H,27,28,31). The zero-order valence-electron chi connectivity index (χ0n) is 17.7. The second-order valence-electron chi connectivity index (χ2n) is 7.44. The van der Waals surface area contributed by atoms with E-state index in [0.29, 0.717) is 22.2 Å². The van der Waals surface area contributed by atoms with Gasteiger partial charge in [-0.25, -0.2) is 9.59 Å². The van der Waals surface area contributed by atoms with Gasteiger partial charge < -0.3 is 14.8 Å². The van der Waals surface area contributed by atoms with Gasteiger partial charge in [-0.1, -0.05) is 47.6 Å². The number of hydrogen-bond acceptors (Lipinski definition) is 6. The lowest BCUT2D eigenvalue weighted by Crippen LogP contribution is -2.00. The van der Waals surface area contributed by atoms with Crippen LogP contribution in [0.5, 0.6) is 6.01 Å². The van der Waals surface area contributed by atoms with Crippen LogP contribution in [0.3, 0.4) is 0 Å². The van der Waals surface area contributed by atoms with Crippen LogP contribution in [0.2, 0.25) is 0 Å². The van der Waals surface area contributed by atoms with Crippen LogP contribution in [0.25, 0.3) is 44.7 Å². The molecule has 0 amide bonds. The molecule has 3 N–H and O–H groups in total. The van der Waals surface area contributed by atoms with Crippen molar-refractivity contribution in [2.24, 2.45) is 0 Å². The van der Waals surface area contributed by atoms with E-state index in [1.807, 2.05) is 55.5 Å². The third-order valence-electron chi connectivity index (χ3n) is 5.53. The number of ether oxygens (including phenoxy) is 1. The van der Waals surface area contributed by atoms with Crippen molar-refractivity contribution in [3.8, 4) is 39.7 Å². The molecule has 9 heteroatoms. The first kappa shape index (κ1) is 20.3. The van der Waals surface area contributed by atoms with E-state index in [1.165, 1.54) is 7.11 Å². The number of rotatable bonds is 5. The van der Waals surface area contributed by atoms with E-state index in [2.05, 4.69) is 20.1 Å².